The van der Waals surface area contributed by atoms with Gasteiger partial charge in [-0.3, -0.25) is 14.4 Å². The number of ether oxygens (including phenoxy) is 1. The van der Waals surface area contributed by atoms with Crippen molar-refractivity contribution in [3.05, 3.63) is 52.5 Å². The van der Waals surface area contributed by atoms with Crippen molar-refractivity contribution >= 4 is 17.5 Å². The molecule has 5 rings (SSSR count). The first kappa shape index (κ1) is 23.6. The highest BCUT2D eigenvalue weighted by molar-refractivity contribution is 6.16. The summed E-state index contributed by atoms with van der Waals surface area (Å²) >= 11 is 0. The first-order valence-corrected chi connectivity index (χ1v) is 12.0. The number of nitrogens with two attached hydrogens (primary N) is 1. The Morgan fingerprint density at radius 3 is 2.66 bits per heavy atom. The van der Waals surface area contributed by atoms with E-state index in [0.717, 1.165) is 19.3 Å². The van der Waals surface area contributed by atoms with Gasteiger partial charge in [-0.25, -0.2) is 0 Å². The lowest BCUT2D eigenvalue weighted by molar-refractivity contribution is -0.182. The molecule has 0 aromatic heterocycles. The topological polar surface area (TPSA) is 167 Å². The highest BCUT2D eigenvalue weighted by Crippen LogP contribution is 2.58. The number of carbonyl (C=O) groups is 3. The number of allylic oxidation sites excluding steroid dienone is 2. The normalized spacial score (nSPS) is 35.5. The quantitative estimate of drug-likeness (QED) is 0.312. The van der Waals surface area contributed by atoms with Crippen LogP contribution in [-0.2, 0) is 14.3 Å². The Hall–Kier alpha value is -3.17. The van der Waals surface area contributed by atoms with E-state index in [1.54, 1.807) is 12.1 Å². The Morgan fingerprint density at radius 1 is 1.23 bits per heavy atom. The Morgan fingerprint density at radius 2 is 1.97 bits per heavy atom. The summed E-state index contributed by atoms with van der Waals surface area (Å²) in [5.74, 6) is -7.58. The average Bonchev–Trinajstić information content (AvgIpc) is 2.80. The SMILES string of the molecule is CCCCCC1=C[C@H]2c3cccc(O)c3C(=O)C3=C(O)[C@]4(O)C(=O)C(C(N)=O)C(O)C[C@@H]4[C@@H](O1)[C@@H]32. The predicted molar refractivity (Wildman–Crippen MR) is 122 cm³/mol. The van der Waals surface area contributed by atoms with E-state index < -0.39 is 64.7 Å². The summed E-state index contributed by atoms with van der Waals surface area (Å²) in [7, 11) is 0. The van der Waals surface area contributed by atoms with Crippen LogP contribution in [0.15, 0.2) is 41.4 Å². The van der Waals surface area contributed by atoms with Crippen molar-refractivity contribution in [3.63, 3.8) is 0 Å². The molecule has 0 spiro atoms. The van der Waals surface area contributed by atoms with Crippen LogP contribution in [0.5, 0.6) is 5.75 Å². The van der Waals surface area contributed by atoms with Gasteiger partial charge >= 0.3 is 0 Å². The molecule has 1 fully saturated rings. The summed E-state index contributed by atoms with van der Waals surface area (Å²) in [4.78, 5) is 38.9. The number of ketones is 2. The number of aliphatic hydroxyl groups is 3. The van der Waals surface area contributed by atoms with Gasteiger partial charge < -0.3 is 30.9 Å². The van der Waals surface area contributed by atoms with E-state index >= 15 is 0 Å². The molecule has 1 saturated carbocycles. The zero-order valence-corrected chi connectivity index (χ0v) is 19.3. The lowest BCUT2D eigenvalue weighted by Gasteiger charge is -2.54. The molecule has 4 aliphatic rings. The second-order valence-electron chi connectivity index (χ2n) is 9.98. The van der Waals surface area contributed by atoms with Gasteiger partial charge in [0.05, 0.1) is 17.4 Å². The van der Waals surface area contributed by atoms with E-state index in [-0.39, 0.29) is 23.3 Å². The number of hydrogen-bond donors (Lipinski definition) is 5. The van der Waals surface area contributed by atoms with Gasteiger partial charge in [0, 0.05) is 29.7 Å². The minimum atomic E-state index is -2.64. The van der Waals surface area contributed by atoms with Crippen LogP contribution in [0.3, 0.4) is 0 Å². The maximum atomic E-state index is 13.6. The van der Waals surface area contributed by atoms with Gasteiger partial charge in [-0.1, -0.05) is 31.9 Å². The van der Waals surface area contributed by atoms with Gasteiger partial charge in [-0.2, -0.15) is 0 Å². The molecule has 9 heteroatoms. The number of fused-ring (bicyclic) bond motifs is 4. The van der Waals surface area contributed by atoms with Crippen molar-refractivity contribution in [3.8, 4) is 5.75 Å². The van der Waals surface area contributed by atoms with Crippen LogP contribution in [0.1, 0.15) is 60.9 Å². The van der Waals surface area contributed by atoms with Crippen LogP contribution in [0, 0.1) is 17.8 Å². The molecule has 0 saturated heterocycles. The Bertz CT molecular complexity index is 1190. The number of aromatic hydroxyl groups is 1. The molecule has 1 aromatic carbocycles. The summed E-state index contributed by atoms with van der Waals surface area (Å²) in [5.41, 5.74) is 3.05. The fourth-order valence-electron chi connectivity index (χ4n) is 6.43. The monoisotopic (exact) mass is 483 g/mol. The molecule has 6 N–H and O–H groups in total. The van der Waals surface area contributed by atoms with E-state index in [4.69, 9.17) is 10.5 Å². The number of Topliss-reactive ketones (excluding diaryl/α,β-unsaturated/α-hetero) is 2. The fraction of sp³-hybridized carbons (Fsp3) is 0.500. The lowest BCUT2D eigenvalue weighted by atomic mass is 9.54. The van der Waals surface area contributed by atoms with Crippen LogP contribution in [0.2, 0.25) is 0 Å². The highest BCUT2D eigenvalue weighted by atomic mass is 16.5. The van der Waals surface area contributed by atoms with Gasteiger partial charge in [0.2, 0.25) is 5.91 Å². The largest absolute Gasteiger partial charge is 0.508 e. The van der Waals surface area contributed by atoms with Crippen LogP contribution in [0.4, 0.5) is 0 Å². The minimum Gasteiger partial charge on any atom is -0.508 e. The molecule has 1 heterocycles. The van der Waals surface area contributed by atoms with Crippen molar-refractivity contribution in [1.82, 2.24) is 0 Å². The standard InChI is InChI=1S/C26H29NO8/c1-2-3-4-6-11-9-13-12-7-5-8-15(28)17(12)21(30)20-18(13)22(35-11)14-10-16(29)19(25(27)33)23(31)26(14,34)24(20)32/h5,7-9,13-14,16,18-19,22,28-29,32,34H,2-4,6,10H2,1H3,(H2,27,33)/t13-,14+,16?,18+,19?,22+,26+/m0/s1. The number of amides is 1. The molecule has 35 heavy (non-hydrogen) atoms. The van der Waals surface area contributed by atoms with Crippen LogP contribution < -0.4 is 5.73 Å². The van der Waals surface area contributed by atoms with Crippen molar-refractivity contribution in [2.45, 2.75) is 62.8 Å². The van der Waals surface area contributed by atoms with Gasteiger partial charge in [-0.05, 0) is 30.5 Å². The highest BCUT2D eigenvalue weighted by Gasteiger charge is 2.67. The van der Waals surface area contributed by atoms with Crippen LogP contribution in [0.25, 0.3) is 0 Å². The molecule has 1 aromatic rings. The summed E-state index contributed by atoms with van der Waals surface area (Å²) in [6.45, 7) is 2.07. The summed E-state index contributed by atoms with van der Waals surface area (Å²) < 4.78 is 6.30. The molecule has 7 atom stereocenters. The molecule has 2 unspecified atom stereocenters. The first-order valence-electron chi connectivity index (χ1n) is 12.0. The summed E-state index contributed by atoms with van der Waals surface area (Å²) in [5, 5.41) is 44.1. The number of hydrogen-bond acceptors (Lipinski definition) is 8. The van der Waals surface area contributed by atoms with E-state index in [0.29, 0.717) is 17.7 Å². The molecular formula is C26H29NO8. The second-order valence-corrected chi connectivity index (χ2v) is 9.98. The maximum Gasteiger partial charge on any atom is 0.230 e. The Balaban J connectivity index is 1.73. The van der Waals surface area contributed by atoms with Crippen molar-refractivity contribution in [2.24, 2.45) is 23.5 Å². The number of rotatable bonds is 5. The molecule has 1 amide bonds. The number of phenols is 1. The van der Waals surface area contributed by atoms with Crippen molar-refractivity contribution < 1.29 is 39.5 Å². The van der Waals surface area contributed by atoms with Gasteiger partial charge in [-0.15, -0.1) is 0 Å². The van der Waals surface area contributed by atoms with Crippen molar-refractivity contribution in [1.29, 1.82) is 0 Å². The first-order chi connectivity index (χ1) is 16.6. The molecule has 186 valence electrons. The van der Waals surface area contributed by atoms with E-state index in [2.05, 4.69) is 6.92 Å². The van der Waals surface area contributed by atoms with Gasteiger partial charge in [0.15, 0.2) is 17.2 Å². The third-order valence-corrected chi connectivity index (χ3v) is 8.05. The molecule has 3 aliphatic carbocycles. The number of phenolic OH excluding ortho intramolecular Hbond substituents is 1. The lowest BCUT2D eigenvalue weighted by Crippen LogP contribution is -2.68. The smallest absolute Gasteiger partial charge is 0.230 e. The number of primary amides is 1. The van der Waals surface area contributed by atoms with E-state index in [9.17, 15) is 34.8 Å². The molecule has 0 bridgehead atoms. The third kappa shape index (κ3) is 3.18. The maximum absolute atomic E-state index is 13.6. The molecule has 9 nitrogen and oxygen atoms in total. The Kier molecular flexibility index (Phi) is 5.52. The molecule has 0 radical (unpaired) electrons. The zero-order valence-electron chi connectivity index (χ0n) is 19.3. The van der Waals surface area contributed by atoms with Crippen LogP contribution >= 0.6 is 0 Å². The average molecular weight is 484 g/mol. The zero-order chi connectivity index (χ0) is 25.2. The molecular weight excluding hydrogens is 454 g/mol. The van der Waals surface area contributed by atoms with Gasteiger partial charge in [0.1, 0.15) is 23.5 Å². The number of carbonyl (C=O) groups excluding carboxylic acids is 3. The Labute approximate surface area is 201 Å². The number of unbranched alkanes of at least 4 members (excludes halogenated alkanes) is 2. The van der Waals surface area contributed by atoms with Crippen LogP contribution in [-0.4, -0.2) is 55.7 Å². The van der Waals surface area contributed by atoms with E-state index in [1.807, 2.05) is 6.08 Å². The molecule has 1 aliphatic heterocycles. The second kappa shape index (κ2) is 8.20. The number of aliphatic hydroxyl groups excluding tert-OH is 2. The van der Waals surface area contributed by atoms with Crippen molar-refractivity contribution in [2.75, 3.05) is 0 Å². The summed E-state index contributed by atoms with van der Waals surface area (Å²) in [6.07, 6.45) is 2.64. The number of benzene rings is 1. The minimum absolute atomic E-state index is 0.00287. The fourth-order valence-corrected chi connectivity index (χ4v) is 6.43. The summed E-state index contributed by atoms with van der Waals surface area (Å²) in [6, 6.07) is 4.73. The van der Waals surface area contributed by atoms with E-state index in [1.165, 1.54) is 6.07 Å². The third-order valence-electron chi connectivity index (χ3n) is 8.05. The predicted octanol–water partition coefficient (Wildman–Crippen LogP) is 1.76. The van der Waals surface area contributed by atoms with Gasteiger partial charge in [0.25, 0.3) is 0 Å².